The number of benzene rings is 1. The van der Waals surface area contributed by atoms with Gasteiger partial charge in [-0.15, -0.1) is 0 Å². The monoisotopic (exact) mass is 277 g/mol. The maximum atomic E-state index is 5.12. The fourth-order valence-corrected chi connectivity index (χ4v) is 2.26. The molecule has 0 fully saturated rings. The highest BCUT2D eigenvalue weighted by Gasteiger charge is 2.23. The number of hydrogen-bond donors (Lipinski definition) is 1. The van der Waals surface area contributed by atoms with Crippen LogP contribution in [0.3, 0.4) is 0 Å². The third-order valence-electron chi connectivity index (χ3n) is 4.39. The molecule has 114 valence electrons. The van der Waals surface area contributed by atoms with E-state index in [-0.39, 0.29) is 0 Å². The molecule has 0 aliphatic rings. The van der Waals surface area contributed by atoms with Gasteiger partial charge in [-0.25, -0.2) is 0 Å². The van der Waals surface area contributed by atoms with E-state index in [9.17, 15) is 0 Å². The number of nitrogens with one attached hydrogen (secondary N) is 1. The van der Waals surface area contributed by atoms with Crippen molar-refractivity contribution >= 4 is 0 Å². The molecule has 2 heteroatoms. The fourth-order valence-electron chi connectivity index (χ4n) is 2.26. The standard InChI is InChI=1S/C18H31NO/c1-14(18(2,3)4)13-17(19-5)16-9-7-15(8-10-16)11-12-20-6/h7-10,14,17,19H,11-13H2,1-6H3. The zero-order chi connectivity index (χ0) is 15.2. The van der Waals surface area contributed by atoms with Crippen molar-refractivity contribution in [3.05, 3.63) is 35.4 Å². The van der Waals surface area contributed by atoms with Crippen LogP contribution in [0.5, 0.6) is 0 Å². The maximum absolute atomic E-state index is 5.12. The highest BCUT2D eigenvalue weighted by molar-refractivity contribution is 5.25. The van der Waals surface area contributed by atoms with Crippen LogP contribution in [0.2, 0.25) is 0 Å². The van der Waals surface area contributed by atoms with Gasteiger partial charge >= 0.3 is 0 Å². The molecule has 1 aromatic carbocycles. The highest BCUT2D eigenvalue weighted by atomic mass is 16.5. The van der Waals surface area contributed by atoms with E-state index >= 15 is 0 Å². The van der Waals surface area contributed by atoms with E-state index in [1.165, 1.54) is 11.1 Å². The van der Waals surface area contributed by atoms with Crippen molar-refractivity contribution in [2.45, 2.75) is 46.6 Å². The number of ether oxygens (including phenoxy) is 1. The first-order valence-electron chi connectivity index (χ1n) is 7.63. The van der Waals surface area contributed by atoms with Gasteiger partial charge in [-0.3, -0.25) is 0 Å². The van der Waals surface area contributed by atoms with Gasteiger partial charge in [0.25, 0.3) is 0 Å². The van der Waals surface area contributed by atoms with Gasteiger partial charge in [0.2, 0.25) is 0 Å². The van der Waals surface area contributed by atoms with Gasteiger partial charge in [0.1, 0.15) is 0 Å². The first-order chi connectivity index (χ1) is 9.38. The lowest BCUT2D eigenvalue weighted by Gasteiger charge is -2.31. The normalized spacial score (nSPS) is 15.1. The van der Waals surface area contributed by atoms with Gasteiger partial charge in [0.05, 0.1) is 6.61 Å². The fraction of sp³-hybridized carbons (Fsp3) is 0.667. The molecule has 2 atom stereocenters. The van der Waals surface area contributed by atoms with E-state index in [1.807, 2.05) is 0 Å². The van der Waals surface area contributed by atoms with Crippen molar-refractivity contribution in [2.75, 3.05) is 20.8 Å². The van der Waals surface area contributed by atoms with Crippen LogP contribution in [0, 0.1) is 11.3 Å². The zero-order valence-corrected chi connectivity index (χ0v) is 14.0. The minimum absolute atomic E-state index is 0.355. The first-order valence-corrected chi connectivity index (χ1v) is 7.63. The second kappa shape index (κ2) is 7.80. The Hall–Kier alpha value is -0.860. The van der Waals surface area contributed by atoms with Gasteiger partial charge in [-0.1, -0.05) is 52.0 Å². The Balaban J connectivity index is 2.70. The smallest absolute Gasteiger partial charge is 0.0502 e. The van der Waals surface area contributed by atoms with E-state index in [2.05, 4.69) is 64.3 Å². The molecule has 0 amide bonds. The Morgan fingerprint density at radius 1 is 1.15 bits per heavy atom. The lowest BCUT2D eigenvalue weighted by molar-refractivity contribution is 0.202. The van der Waals surface area contributed by atoms with Crippen LogP contribution < -0.4 is 5.32 Å². The lowest BCUT2D eigenvalue weighted by atomic mass is 9.77. The maximum Gasteiger partial charge on any atom is 0.0502 e. The molecule has 0 aliphatic carbocycles. The molecule has 0 bridgehead atoms. The molecule has 2 nitrogen and oxygen atoms in total. The van der Waals surface area contributed by atoms with Crippen molar-refractivity contribution in [1.29, 1.82) is 0 Å². The van der Waals surface area contributed by atoms with Crippen LogP contribution in [-0.4, -0.2) is 20.8 Å². The third kappa shape index (κ3) is 5.26. The molecule has 2 unspecified atom stereocenters. The molecule has 0 saturated heterocycles. The Labute approximate surface area is 124 Å². The van der Waals surface area contributed by atoms with Gasteiger partial charge in [0, 0.05) is 13.2 Å². The van der Waals surface area contributed by atoms with Crippen LogP contribution in [0.15, 0.2) is 24.3 Å². The summed E-state index contributed by atoms with van der Waals surface area (Å²) in [5.41, 5.74) is 3.08. The van der Waals surface area contributed by atoms with Crippen LogP contribution in [0.4, 0.5) is 0 Å². The molecule has 0 aromatic heterocycles. The summed E-state index contributed by atoms with van der Waals surface area (Å²) in [4.78, 5) is 0. The Bertz CT molecular complexity index is 377. The largest absolute Gasteiger partial charge is 0.384 e. The molecule has 0 radical (unpaired) electrons. The summed E-state index contributed by atoms with van der Waals surface area (Å²) >= 11 is 0. The second-order valence-corrected chi connectivity index (χ2v) is 6.83. The van der Waals surface area contributed by atoms with E-state index in [0.717, 1.165) is 19.4 Å². The SMILES string of the molecule is CNC(CC(C)C(C)(C)C)c1ccc(CCOC)cc1. The minimum Gasteiger partial charge on any atom is -0.384 e. The Morgan fingerprint density at radius 3 is 2.20 bits per heavy atom. The van der Waals surface area contributed by atoms with Gasteiger partial charge < -0.3 is 10.1 Å². The third-order valence-corrected chi connectivity index (χ3v) is 4.39. The average molecular weight is 277 g/mol. The van der Waals surface area contributed by atoms with E-state index in [0.29, 0.717) is 17.4 Å². The summed E-state index contributed by atoms with van der Waals surface area (Å²) in [6.45, 7) is 10.1. The highest BCUT2D eigenvalue weighted by Crippen LogP contribution is 2.33. The molecule has 0 heterocycles. The summed E-state index contributed by atoms with van der Waals surface area (Å²) in [7, 11) is 3.80. The second-order valence-electron chi connectivity index (χ2n) is 6.83. The summed E-state index contributed by atoms with van der Waals surface area (Å²) in [6, 6.07) is 9.38. The summed E-state index contributed by atoms with van der Waals surface area (Å²) in [5, 5.41) is 3.46. The van der Waals surface area contributed by atoms with Crippen LogP contribution >= 0.6 is 0 Å². The molecule has 1 rings (SSSR count). The number of rotatable bonds is 7. The average Bonchev–Trinajstić information content (AvgIpc) is 2.42. The van der Waals surface area contributed by atoms with Crippen molar-refractivity contribution in [1.82, 2.24) is 5.32 Å². The predicted molar refractivity (Wildman–Crippen MR) is 87.1 cm³/mol. The van der Waals surface area contributed by atoms with Crippen LogP contribution in [0.25, 0.3) is 0 Å². The molecule has 1 N–H and O–H groups in total. The Kier molecular flexibility index (Phi) is 6.70. The molecular weight excluding hydrogens is 246 g/mol. The van der Waals surface area contributed by atoms with Crippen LogP contribution in [-0.2, 0) is 11.2 Å². The first kappa shape index (κ1) is 17.2. The van der Waals surface area contributed by atoms with Crippen LogP contribution in [0.1, 0.15) is 51.3 Å². The van der Waals surface area contributed by atoms with E-state index in [1.54, 1.807) is 7.11 Å². The quantitative estimate of drug-likeness (QED) is 0.806. The zero-order valence-electron chi connectivity index (χ0n) is 14.0. The molecule has 20 heavy (non-hydrogen) atoms. The van der Waals surface area contributed by atoms with Crippen molar-refractivity contribution < 1.29 is 4.74 Å². The van der Waals surface area contributed by atoms with Crippen molar-refractivity contribution in [2.24, 2.45) is 11.3 Å². The van der Waals surface area contributed by atoms with Gasteiger partial charge in [-0.2, -0.15) is 0 Å². The Morgan fingerprint density at radius 2 is 1.75 bits per heavy atom. The minimum atomic E-state index is 0.355. The van der Waals surface area contributed by atoms with Gasteiger partial charge in [-0.05, 0) is 42.3 Å². The summed E-state index contributed by atoms with van der Waals surface area (Å²) < 4.78 is 5.12. The molecule has 0 saturated carbocycles. The van der Waals surface area contributed by atoms with Gasteiger partial charge in [0.15, 0.2) is 0 Å². The predicted octanol–water partition coefficient (Wildman–Crippen LogP) is 4.21. The topological polar surface area (TPSA) is 21.3 Å². The molecule has 0 aliphatic heterocycles. The summed E-state index contributed by atoms with van der Waals surface area (Å²) in [5.74, 6) is 0.674. The summed E-state index contributed by atoms with van der Waals surface area (Å²) in [6.07, 6.45) is 2.15. The number of methoxy groups -OCH3 is 1. The van der Waals surface area contributed by atoms with Crippen molar-refractivity contribution in [3.8, 4) is 0 Å². The lowest BCUT2D eigenvalue weighted by Crippen LogP contribution is -2.25. The van der Waals surface area contributed by atoms with E-state index in [4.69, 9.17) is 4.74 Å². The van der Waals surface area contributed by atoms with E-state index < -0.39 is 0 Å². The molecule has 0 spiro atoms. The molecule has 1 aromatic rings. The number of hydrogen-bond acceptors (Lipinski definition) is 2. The molecular formula is C18H31NO. The van der Waals surface area contributed by atoms with Crippen molar-refractivity contribution in [3.63, 3.8) is 0 Å².